The Bertz CT molecular complexity index is 511. The second-order valence-electron chi connectivity index (χ2n) is 3.21. The third-order valence-electron chi connectivity index (χ3n) is 2.09. The molecule has 4 heteroatoms. The van der Waals surface area contributed by atoms with Crippen LogP contribution in [0.15, 0.2) is 54.3 Å². The Hall–Kier alpha value is -1.11. The summed E-state index contributed by atoms with van der Waals surface area (Å²) in [5, 5.41) is 12.9. The van der Waals surface area contributed by atoms with Crippen LogP contribution in [0.1, 0.15) is 0 Å². The third kappa shape index (κ3) is 2.72. The molecule has 1 aliphatic rings. The van der Waals surface area contributed by atoms with Crippen molar-refractivity contribution in [2.45, 2.75) is 0 Å². The van der Waals surface area contributed by atoms with Gasteiger partial charge in [-0.1, -0.05) is 43.4 Å². The molecule has 1 heterocycles. The van der Waals surface area contributed by atoms with Crippen molar-refractivity contribution in [3.63, 3.8) is 0 Å². The van der Waals surface area contributed by atoms with Gasteiger partial charge in [-0.15, -0.1) is 0 Å². The molecule has 1 aromatic carbocycles. The number of anilines is 1. The average Bonchev–Trinajstić information content (AvgIpc) is 2.54. The van der Waals surface area contributed by atoms with Crippen LogP contribution in [0.3, 0.4) is 0 Å². The van der Waals surface area contributed by atoms with E-state index in [0.717, 1.165) is 5.06 Å². The Labute approximate surface area is 101 Å². The highest BCUT2D eigenvalue weighted by molar-refractivity contribution is 14.2. The topological polar surface area (TPSA) is 52.3 Å². The van der Waals surface area contributed by atoms with Gasteiger partial charge in [0.05, 0.1) is 0 Å². The Morgan fingerprint density at radius 1 is 1.12 bits per heavy atom. The summed E-state index contributed by atoms with van der Waals surface area (Å²) in [5.41, 5.74) is 1.25. The van der Waals surface area contributed by atoms with Crippen LogP contribution in [0.25, 0.3) is 0 Å². The molecule has 0 amide bonds. The van der Waals surface area contributed by atoms with E-state index in [-0.39, 0.29) is 0 Å². The highest BCUT2D eigenvalue weighted by atomic mass is 127. The van der Waals surface area contributed by atoms with E-state index in [1.54, 1.807) is 18.2 Å². The quantitative estimate of drug-likeness (QED) is 0.516. The van der Waals surface area contributed by atoms with E-state index in [4.69, 9.17) is 3.95 Å². The van der Waals surface area contributed by atoms with Gasteiger partial charge in [0, 0.05) is 11.4 Å². The molecule has 0 aliphatic carbocycles. The molecule has 16 heavy (non-hydrogen) atoms. The smallest absolute Gasteiger partial charge is 0.0308 e. The van der Waals surface area contributed by atoms with Crippen molar-refractivity contribution in [2.75, 3.05) is 5.06 Å². The molecular formula is C12H12IN2O-. The fourth-order valence-corrected chi connectivity index (χ4v) is 3.01. The second-order valence-corrected chi connectivity index (χ2v) is 6.81. The van der Waals surface area contributed by atoms with Crippen molar-refractivity contribution < 1.29 is 0 Å². The number of nitrogens with zero attached hydrogens (tertiary/aromatic N) is 1. The molecular weight excluding hydrogens is 315 g/mol. The fraction of sp³-hybridized carbons (Fsp3) is 0. The Kier molecular flexibility index (Phi) is 3.76. The second kappa shape index (κ2) is 5.29. The molecule has 0 aromatic heterocycles. The molecule has 0 fully saturated rings. The van der Waals surface area contributed by atoms with Crippen molar-refractivity contribution in [1.29, 1.82) is 0 Å². The molecule has 2 rings (SSSR count). The Morgan fingerprint density at radius 3 is 2.62 bits per heavy atom. The lowest BCUT2D eigenvalue weighted by Gasteiger charge is -2.31. The number of rotatable bonds is 2. The molecule has 0 unspecified atom stereocenters. The maximum atomic E-state index is 12.0. The lowest BCUT2D eigenvalue weighted by atomic mass is 10.3. The number of para-hydroxylation sites is 1. The third-order valence-corrected chi connectivity index (χ3v) is 4.53. The number of allylic oxidation sites excluding steroid dienone is 3. The number of hydrogen-bond acceptors (Lipinski definition) is 3. The summed E-state index contributed by atoms with van der Waals surface area (Å²) in [7, 11) is 0. The van der Waals surface area contributed by atoms with E-state index < -0.39 is 19.1 Å². The average molecular weight is 327 g/mol. The maximum Gasteiger partial charge on any atom is 0.0308 e. The van der Waals surface area contributed by atoms with Crippen LogP contribution in [0.5, 0.6) is 0 Å². The molecule has 1 aromatic rings. The van der Waals surface area contributed by atoms with Crippen LogP contribution in [0, 0.1) is 5.21 Å². The van der Waals surface area contributed by atoms with Gasteiger partial charge in [0.2, 0.25) is 0 Å². The van der Waals surface area contributed by atoms with Gasteiger partial charge in [0.15, 0.2) is 0 Å². The molecule has 0 spiro atoms. The largest absolute Gasteiger partial charge is 0.754 e. The monoisotopic (exact) mass is 327 g/mol. The van der Waals surface area contributed by atoms with Gasteiger partial charge < -0.3 is 10.3 Å². The zero-order valence-electron chi connectivity index (χ0n) is 8.58. The maximum absolute atomic E-state index is 12.0. The van der Waals surface area contributed by atoms with Gasteiger partial charge in [0.1, 0.15) is 0 Å². The van der Waals surface area contributed by atoms with Crippen LogP contribution >= 0.6 is 19.1 Å². The Balaban J connectivity index is 2.28. The molecule has 1 aliphatic heterocycles. The van der Waals surface area contributed by atoms with Gasteiger partial charge in [-0.25, -0.2) is 0 Å². The summed E-state index contributed by atoms with van der Waals surface area (Å²) in [5.74, 6) is 0. The standard InChI is InChI=1S/C12H12IN2O/c14-13-9-4-7-12(8-10-13)15(16)11-5-2-1-3-6-11/h1-10H,14H2/q-1. The molecule has 3 nitrogen and oxygen atoms in total. The van der Waals surface area contributed by atoms with Crippen molar-refractivity contribution in [2.24, 2.45) is 3.95 Å². The van der Waals surface area contributed by atoms with E-state index in [2.05, 4.69) is 0 Å². The molecule has 0 radical (unpaired) electrons. The predicted molar refractivity (Wildman–Crippen MR) is 79.8 cm³/mol. The SMILES string of the molecule is NI1=CC=CC(N([O-])c2ccccc2)=CC=1. The van der Waals surface area contributed by atoms with Crippen LogP contribution in [0.2, 0.25) is 0 Å². The van der Waals surface area contributed by atoms with Gasteiger partial charge >= 0.3 is 0 Å². The van der Waals surface area contributed by atoms with Crippen molar-refractivity contribution in [1.82, 2.24) is 0 Å². The van der Waals surface area contributed by atoms with E-state index in [9.17, 15) is 5.21 Å². The van der Waals surface area contributed by atoms with Gasteiger partial charge in [0.25, 0.3) is 0 Å². The molecule has 0 saturated carbocycles. The van der Waals surface area contributed by atoms with Gasteiger partial charge in [-0.3, -0.25) is 3.95 Å². The van der Waals surface area contributed by atoms with E-state index in [0.29, 0.717) is 11.4 Å². The number of hydroxylamine groups is 1. The van der Waals surface area contributed by atoms with Crippen molar-refractivity contribution >= 4 is 32.9 Å². The Morgan fingerprint density at radius 2 is 1.88 bits per heavy atom. The van der Waals surface area contributed by atoms with E-state index in [1.165, 1.54) is 0 Å². The summed E-state index contributed by atoms with van der Waals surface area (Å²) in [6, 6.07) is 9.15. The number of hydrogen-bond donors (Lipinski definition) is 1. The first-order valence-corrected chi connectivity index (χ1v) is 8.51. The summed E-state index contributed by atoms with van der Waals surface area (Å²) in [6.45, 7) is 0. The number of nitrogens with two attached hydrogens (primary N) is 1. The van der Waals surface area contributed by atoms with Crippen LogP contribution in [-0.4, -0.2) is 8.02 Å². The van der Waals surface area contributed by atoms with E-state index >= 15 is 0 Å². The lowest BCUT2D eigenvalue weighted by Crippen LogP contribution is -2.12. The van der Waals surface area contributed by atoms with Crippen LogP contribution in [-0.2, 0) is 0 Å². The predicted octanol–water partition coefficient (Wildman–Crippen LogP) is 2.43. The highest BCUT2D eigenvalue weighted by Gasteiger charge is 1.98. The summed E-state index contributed by atoms with van der Waals surface area (Å²) in [6.07, 6.45) is 5.47. The van der Waals surface area contributed by atoms with Crippen molar-refractivity contribution in [3.05, 3.63) is 59.5 Å². The normalized spacial score (nSPS) is 15.8. The first-order valence-electron chi connectivity index (χ1n) is 4.77. The van der Waals surface area contributed by atoms with E-state index in [1.807, 2.05) is 38.4 Å². The van der Waals surface area contributed by atoms with Crippen molar-refractivity contribution in [3.8, 4) is 0 Å². The molecule has 84 valence electrons. The lowest BCUT2D eigenvalue weighted by molar-refractivity contribution is 1.22. The zero-order chi connectivity index (χ0) is 11.4. The number of benzene rings is 1. The first kappa shape index (κ1) is 11.4. The number of halogens is 1. The van der Waals surface area contributed by atoms with Gasteiger partial charge in [-0.2, -0.15) is 0 Å². The molecule has 0 saturated heterocycles. The highest BCUT2D eigenvalue weighted by Crippen LogP contribution is 2.18. The minimum absolute atomic E-state index is 0.618. The minimum atomic E-state index is -1.55. The van der Waals surface area contributed by atoms with Crippen LogP contribution in [0.4, 0.5) is 5.69 Å². The fourth-order valence-electron chi connectivity index (χ4n) is 1.30. The minimum Gasteiger partial charge on any atom is -0.754 e. The molecule has 2 N–H and O–H groups in total. The first-order chi connectivity index (χ1) is 7.77. The van der Waals surface area contributed by atoms with Crippen LogP contribution < -0.4 is 9.01 Å². The summed E-state index contributed by atoms with van der Waals surface area (Å²) < 4.78 is 9.81. The zero-order valence-corrected chi connectivity index (χ0v) is 10.7. The van der Waals surface area contributed by atoms with Gasteiger partial charge in [-0.05, 0) is 32.3 Å². The molecule has 0 bridgehead atoms. The summed E-state index contributed by atoms with van der Waals surface area (Å²) >= 11 is -1.55. The molecule has 0 atom stereocenters. The summed E-state index contributed by atoms with van der Waals surface area (Å²) in [4.78, 5) is 0.